The highest BCUT2D eigenvalue weighted by atomic mass is 32.1. The van der Waals surface area contributed by atoms with Crippen molar-refractivity contribution in [2.24, 2.45) is 0 Å². The van der Waals surface area contributed by atoms with Crippen LogP contribution in [0.1, 0.15) is 17.4 Å². The molecule has 0 bridgehead atoms. The number of ether oxygens (including phenoxy) is 2. The summed E-state index contributed by atoms with van der Waals surface area (Å²) in [5, 5.41) is 1.97. The van der Waals surface area contributed by atoms with Gasteiger partial charge in [-0.05, 0) is 42.1 Å². The molecule has 1 aromatic heterocycles. The van der Waals surface area contributed by atoms with Crippen LogP contribution in [0.3, 0.4) is 0 Å². The van der Waals surface area contributed by atoms with Crippen LogP contribution in [-0.2, 0) is 11.3 Å². The Morgan fingerprint density at radius 3 is 2.72 bits per heavy atom. The van der Waals surface area contributed by atoms with Crippen molar-refractivity contribution in [3.05, 3.63) is 52.2 Å². The molecule has 1 aromatic carbocycles. The Bertz CT molecular complexity index is 717. The number of hydrogen-bond acceptors (Lipinski definition) is 4. The van der Waals surface area contributed by atoms with Gasteiger partial charge in [0.05, 0.1) is 13.7 Å². The van der Waals surface area contributed by atoms with Crippen LogP contribution in [0.4, 0.5) is 8.78 Å². The number of amides is 1. The molecule has 0 radical (unpaired) electrons. The van der Waals surface area contributed by atoms with E-state index in [0.717, 1.165) is 4.88 Å². The molecule has 0 saturated carbocycles. The van der Waals surface area contributed by atoms with Crippen molar-refractivity contribution in [1.29, 1.82) is 0 Å². The predicted molar refractivity (Wildman–Crippen MR) is 94.1 cm³/mol. The highest BCUT2D eigenvalue weighted by molar-refractivity contribution is 7.09. The summed E-state index contributed by atoms with van der Waals surface area (Å²) in [5.41, 5.74) is 0.652. The highest BCUT2D eigenvalue weighted by Gasteiger charge is 2.12. The first-order valence-corrected chi connectivity index (χ1v) is 8.53. The zero-order chi connectivity index (χ0) is 18.2. The smallest absolute Gasteiger partial charge is 0.387 e. The third kappa shape index (κ3) is 5.56. The number of carbonyl (C=O) groups excluding carboxylic acids is 1. The topological polar surface area (TPSA) is 38.8 Å². The van der Waals surface area contributed by atoms with Crippen LogP contribution >= 0.6 is 11.3 Å². The number of halogens is 2. The summed E-state index contributed by atoms with van der Waals surface area (Å²) in [4.78, 5) is 15.2. The number of rotatable bonds is 8. The van der Waals surface area contributed by atoms with Crippen LogP contribution in [0, 0.1) is 0 Å². The average Bonchev–Trinajstić information content (AvgIpc) is 3.11. The summed E-state index contributed by atoms with van der Waals surface area (Å²) >= 11 is 1.60. The molecule has 7 heteroatoms. The molecule has 2 rings (SSSR count). The van der Waals surface area contributed by atoms with Gasteiger partial charge in [0.15, 0.2) is 11.5 Å². The lowest BCUT2D eigenvalue weighted by Gasteiger charge is -2.18. The van der Waals surface area contributed by atoms with E-state index in [2.05, 4.69) is 4.74 Å². The number of alkyl halides is 2. The number of nitrogens with zero attached hydrogens (tertiary/aromatic N) is 1. The van der Waals surface area contributed by atoms with E-state index in [4.69, 9.17) is 4.74 Å². The van der Waals surface area contributed by atoms with E-state index < -0.39 is 6.61 Å². The molecule has 0 aliphatic rings. The maximum absolute atomic E-state index is 12.3. The third-order valence-corrected chi connectivity index (χ3v) is 4.30. The summed E-state index contributed by atoms with van der Waals surface area (Å²) in [5.74, 6) is 0.0115. The summed E-state index contributed by atoms with van der Waals surface area (Å²) in [6.45, 7) is 0.138. The fraction of sp³-hybridized carbons (Fsp3) is 0.278. The maximum Gasteiger partial charge on any atom is 0.387 e. The van der Waals surface area contributed by atoms with Crippen molar-refractivity contribution in [3.8, 4) is 11.5 Å². The Kier molecular flexibility index (Phi) is 6.94. The molecule has 1 amide bonds. The lowest BCUT2D eigenvalue weighted by atomic mass is 10.2. The number of benzene rings is 1. The summed E-state index contributed by atoms with van der Waals surface area (Å²) in [6, 6.07) is 8.44. The molecule has 0 saturated heterocycles. The van der Waals surface area contributed by atoms with Gasteiger partial charge in [0.1, 0.15) is 0 Å². The zero-order valence-electron chi connectivity index (χ0n) is 13.9. The number of carbonyl (C=O) groups is 1. The predicted octanol–water partition coefficient (Wildman–Crippen LogP) is 4.42. The van der Waals surface area contributed by atoms with Crippen molar-refractivity contribution in [2.75, 3.05) is 13.7 Å². The van der Waals surface area contributed by atoms with Crippen LogP contribution in [0.25, 0.3) is 6.08 Å². The lowest BCUT2D eigenvalue weighted by molar-refractivity contribution is -0.126. The molecule has 25 heavy (non-hydrogen) atoms. The highest BCUT2D eigenvalue weighted by Crippen LogP contribution is 2.29. The molecule has 0 aliphatic carbocycles. The van der Waals surface area contributed by atoms with Gasteiger partial charge < -0.3 is 14.4 Å². The minimum absolute atomic E-state index is 0.0474. The first kappa shape index (κ1) is 18.9. The van der Waals surface area contributed by atoms with Gasteiger partial charge in [0.2, 0.25) is 5.91 Å². The van der Waals surface area contributed by atoms with Gasteiger partial charge in [-0.2, -0.15) is 8.78 Å². The van der Waals surface area contributed by atoms with E-state index in [9.17, 15) is 13.6 Å². The monoisotopic (exact) mass is 367 g/mol. The van der Waals surface area contributed by atoms with Crippen LogP contribution in [-0.4, -0.2) is 31.1 Å². The largest absolute Gasteiger partial charge is 0.493 e. The molecule has 2 aromatic rings. The van der Waals surface area contributed by atoms with Crippen LogP contribution in [0.5, 0.6) is 11.5 Å². The molecule has 0 spiro atoms. The summed E-state index contributed by atoms with van der Waals surface area (Å²) < 4.78 is 34.1. The van der Waals surface area contributed by atoms with Crippen LogP contribution < -0.4 is 9.47 Å². The first-order chi connectivity index (χ1) is 12.0. The third-order valence-electron chi connectivity index (χ3n) is 3.44. The van der Waals surface area contributed by atoms with Gasteiger partial charge in [0, 0.05) is 17.5 Å². The van der Waals surface area contributed by atoms with E-state index in [1.807, 2.05) is 24.4 Å². The SMILES string of the molecule is CCN(Cc1cccs1)C(=O)/C=C\c1ccc(OC(F)F)c(OC)c1. The number of methoxy groups -OCH3 is 1. The van der Waals surface area contributed by atoms with E-state index in [-0.39, 0.29) is 17.4 Å². The van der Waals surface area contributed by atoms with Gasteiger partial charge in [-0.1, -0.05) is 12.1 Å². The minimum Gasteiger partial charge on any atom is -0.493 e. The molecule has 0 atom stereocenters. The van der Waals surface area contributed by atoms with E-state index in [0.29, 0.717) is 18.7 Å². The standard InChI is InChI=1S/C18H19F2NO3S/c1-3-21(12-14-5-4-10-25-14)17(22)9-7-13-6-8-15(24-18(19)20)16(11-13)23-2/h4-11,18H,3,12H2,1-2H3/b9-7-. The van der Waals surface area contributed by atoms with Crippen LogP contribution in [0.2, 0.25) is 0 Å². The van der Waals surface area contributed by atoms with Gasteiger partial charge in [-0.3, -0.25) is 4.79 Å². The number of thiophene rings is 1. The summed E-state index contributed by atoms with van der Waals surface area (Å²) in [6.07, 6.45) is 3.08. The fourth-order valence-corrected chi connectivity index (χ4v) is 2.91. The Hall–Kier alpha value is -2.41. The molecule has 1 heterocycles. The normalized spacial score (nSPS) is 11.1. The lowest BCUT2D eigenvalue weighted by Crippen LogP contribution is -2.28. The molecule has 0 aliphatic heterocycles. The molecular formula is C18H19F2NO3S. The second kappa shape index (κ2) is 9.17. The fourth-order valence-electron chi connectivity index (χ4n) is 2.19. The minimum atomic E-state index is -2.92. The quantitative estimate of drug-likeness (QED) is 0.649. The average molecular weight is 367 g/mol. The first-order valence-electron chi connectivity index (χ1n) is 7.65. The molecule has 0 N–H and O–H groups in total. The van der Waals surface area contributed by atoms with Gasteiger partial charge in [-0.25, -0.2) is 0 Å². The van der Waals surface area contributed by atoms with E-state index in [1.165, 1.54) is 25.3 Å². The second-order valence-corrected chi connectivity index (χ2v) is 6.09. The van der Waals surface area contributed by atoms with Crippen LogP contribution in [0.15, 0.2) is 41.8 Å². The summed E-state index contributed by atoms with van der Waals surface area (Å²) in [7, 11) is 1.37. The van der Waals surface area contributed by atoms with Crippen molar-refractivity contribution < 1.29 is 23.0 Å². The van der Waals surface area contributed by atoms with Crippen molar-refractivity contribution >= 4 is 23.3 Å². The van der Waals surface area contributed by atoms with Crippen molar-refractivity contribution in [3.63, 3.8) is 0 Å². The molecule has 4 nitrogen and oxygen atoms in total. The Labute approximate surface area is 149 Å². The van der Waals surface area contributed by atoms with E-state index in [1.54, 1.807) is 28.4 Å². The second-order valence-electron chi connectivity index (χ2n) is 5.05. The number of hydrogen-bond donors (Lipinski definition) is 0. The Morgan fingerprint density at radius 1 is 1.32 bits per heavy atom. The van der Waals surface area contributed by atoms with Gasteiger partial charge >= 0.3 is 6.61 Å². The maximum atomic E-state index is 12.3. The molecular weight excluding hydrogens is 348 g/mol. The molecule has 0 fully saturated rings. The Balaban J connectivity index is 2.07. The van der Waals surface area contributed by atoms with E-state index >= 15 is 0 Å². The van der Waals surface area contributed by atoms with Gasteiger partial charge in [-0.15, -0.1) is 11.3 Å². The van der Waals surface area contributed by atoms with Crippen molar-refractivity contribution in [1.82, 2.24) is 4.90 Å². The number of likely N-dealkylation sites (N-methyl/N-ethyl adjacent to an activating group) is 1. The molecule has 0 unspecified atom stereocenters. The Morgan fingerprint density at radius 2 is 2.12 bits per heavy atom. The van der Waals surface area contributed by atoms with Crippen molar-refractivity contribution in [2.45, 2.75) is 20.1 Å². The van der Waals surface area contributed by atoms with Gasteiger partial charge in [0.25, 0.3) is 0 Å². The molecule has 134 valence electrons. The zero-order valence-corrected chi connectivity index (χ0v) is 14.8.